The number of hydrogen-bond donors (Lipinski definition) is 1. The van der Waals surface area contributed by atoms with Gasteiger partial charge < -0.3 is 5.32 Å². The molecule has 0 saturated carbocycles. The zero-order valence-corrected chi connectivity index (χ0v) is 8.35. The van der Waals surface area contributed by atoms with Crippen molar-refractivity contribution in [3.63, 3.8) is 0 Å². The number of halogens is 4. The van der Waals surface area contributed by atoms with Crippen LogP contribution < -0.4 is 10.7 Å². The van der Waals surface area contributed by atoms with E-state index in [9.17, 15) is 18.0 Å². The minimum absolute atomic E-state index is 0.0401. The molecule has 0 fully saturated rings. The van der Waals surface area contributed by atoms with Gasteiger partial charge in [0.1, 0.15) is 12.4 Å². The van der Waals surface area contributed by atoms with E-state index in [1.165, 1.54) is 7.05 Å². The number of hydrogen-bond acceptors (Lipinski definition) is 3. The summed E-state index contributed by atoms with van der Waals surface area (Å²) in [6.45, 7) is -1.23. The standard InChI is InChI=1S/C7H7ClF3N3O/c1-14-5(12-3-7(9,10)11)2-4(15)6(8)13-14/h2,12H,3H2,1H3. The second-order valence-electron chi connectivity index (χ2n) is 2.78. The van der Waals surface area contributed by atoms with Crippen LogP contribution in [0, 0.1) is 0 Å². The molecule has 0 amide bonds. The molecule has 0 aromatic carbocycles. The third-order valence-corrected chi connectivity index (χ3v) is 1.79. The third-order valence-electron chi connectivity index (χ3n) is 1.53. The highest BCUT2D eigenvalue weighted by Gasteiger charge is 2.27. The Balaban J connectivity index is 2.87. The molecule has 0 unspecified atom stereocenters. The van der Waals surface area contributed by atoms with Crippen LogP contribution >= 0.6 is 11.6 Å². The number of nitrogens with zero attached hydrogens (tertiary/aromatic N) is 2. The molecule has 0 saturated heterocycles. The summed E-state index contributed by atoms with van der Waals surface area (Å²) in [5.41, 5.74) is -0.626. The molecule has 1 rings (SSSR count). The largest absolute Gasteiger partial charge is 0.405 e. The Morgan fingerprint density at radius 3 is 2.73 bits per heavy atom. The fourth-order valence-electron chi connectivity index (χ4n) is 0.868. The van der Waals surface area contributed by atoms with Crippen LogP contribution in [-0.2, 0) is 7.05 Å². The summed E-state index contributed by atoms with van der Waals surface area (Å²) in [4.78, 5) is 11.0. The third kappa shape index (κ3) is 3.43. The molecule has 0 aliphatic heterocycles. The first kappa shape index (κ1) is 11.8. The first-order valence-electron chi connectivity index (χ1n) is 3.84. The summed E-state index contributed by atoms with van der Waals surface area (Å²) >= 11 is 5.38. The smallest absolute Gasteiger partial charge is 0.361 e. The van der Waals surface area contributed by atoms with E-state index >= 15 is 0 Å². The van der Waals surface area contributed by atoms with E-state index in [2.05, 4.69) is 5.10 Å². The lowest BCUT2D eigenvalue weighted by Crippen LogP contribution is -2.24. The molecule has 1 heterocycles. The van der Waals surface area contributed by atoms with Gasteiger partial charge in [-0.15, -0.1) is 0 Å². The first-order valence-corrected chi connectivity index (χ1v) is 4.22. The van der Waals surface area contributed by atoms with Gasteiger partial charge in [-0.25, -0.2) is 0 Å². The van der Waals surface area contributed by atoms with Crippen LogP contribution in [0.25, 0.3) is 0 Å². The van der Waals surface area contributed by atoms with Gasteiger partial charge in [0.2, 0.25) is 5.43 Å². The van der Waals surface area contributed by atoms with Crippen molar-refractivity contribution < 1.29 is 13.2 Å². The van der Waals surface area contributed by atoms with Crippen molar-refractivity contribution in [3.05, 3.63) is 21.4 Å². The molecule has 0 radical (unpaired) electrons. The van der Waals surface area contributed by atoms with E-state index in [-0.39, 0.29) is 11.0 Å². The minimum Gasteiger partial charge on any atom is -0.361 e. The van der Waals surface area contributed by atoms with E-state index in [0.29, 0.717) is 0 Å². The van der Waals surface area contributed by atoms with Gasteiger partial charge in [-0.1, -0.05) is 11.6 Å². The molecule has 0 bridgehead atoms. The number of nitrogens with one attached hydrogen (secondary N) is 1. The maximum atomic E-state index is 11.9. The van der Waals surface area contributed by atoms with Gasteiger partial charge in [0.25, 0.3) is 0 Å². The van der Waals surface area contributed by atoms with Crippen LogP contribution in [0.5, 0.6) is 0 Å². The Kier molecular flexibility index (Phi) is 3.23. The normalized spacial score (nSPS) is 11.5. The maximum absolute atomic E-state index is 11.9. The number of aryl methyl sites for hydroxylation is 1. The van der Waals surface area contributed by atoms with Gasteiger partial charge in [0.05, 0.1) is 0 Å². The highest BCUT2D eigenvalue weighted by Crippen LogP contribution is 2.15. The topological polar surface area (TPSA) is 46.9 Å². The van der Waals surface area contributed by atoms with Gasteiger partial charge in [0.15, 0.2) is 5.15 Å². The zero-order chi connectivity index (χ0) is 11.6. The highest BCUT2D eigenvalue weighted by atomic mass is 35.5. The predicted molar refractivity (Wildman–Crippen MR) is 49.0 cm³/mol. The van der Waals surface area contributed by atoms with E-state index in [4.69, 9.17) is 11.6 Å². The van der Waals surface area contributed by atoms with Crippen molar-refractivity contribution in [2.75, 3.05) is 11.9 Å². The van der Waals surface area contributed by atoms with Crippen molar-refractivity contribution >= 4 is 17.4 Å². The fourth-order valence-corrected chi connectivity index (χ4v) is 1.04. The SMILES string of the molecule is Cn1nc(Cl)c(=O)cc1NCC(F)(F)F. The zero-order valence-electron chi connectivity index (χ0n) is 7.60. The first-order chi connectivity index (χ1) is 6.79. The van der Waals surface area contributed by atoms with E-state index in [0.717, 1.165) is 10.7 Å². The van der Waals surface area contributed by atoms with Crippen LogP contribution in [0.1, 0.15) is 0 Å². The van der Waals surface area contributed by atoms with Crippen molar-refractivity contribution in [1.29, 1.82) is 0 Å². The van der Waals surface area contributed by atoms with Crippen molar-refractivity contribution in [3.8, 4) is 0 Å². The van der Waals surface area contributed by atoms with Crippen molar-refractivity contribution in [1.82, 2.24) is 9.78 Å². The molecule has 1 N–H and O–H groups in total. The molecule has 8 heteroatoms. The second-order valence-corrected chi connectivity index (χ2v) is 3.13. The van der Waals surface area contributed by atoms with E-state index < -0.39 is 18.1 Å². The van der Waals surface area contributed by atoms with Crippen LogP contribution in [0.3, 0.4) is 0 Å². The van der Waals surface area contributed by atoms with E-state index in [1.54, 1.807) is 0 Å². The summed E-state index contributed by atoms with van der Waals surface area (Å²) in [7, 11) is 1.38. The minimum atomic E-state index is -4.35. The van der Waals surface area contributed by atoms with Gasteiger partial charge in [0, 0.05) is 13.1 Å². The quantitative estimate of drug-likeness (QED) is 0.852. The molecule has 15 heavy (non-hydrogen) atoms. The Morgan fingerprint density at radius 1 is 1.60 bits per heavy atom. The summed E-state index contributed by atoms with van der Waals surface area (Å²) in [5.74, 6) is -0.0401. The van der Waals surface area contributed by atoms with Crippen LogP contribution in [0.2, 0.25) is 5.15 Å². The second kappa shape index (κ2) is 4.09. The fraction of sp³-hybridized carbons (Fsp3) is 0.429. The molecule has 1 aromatic heterocycles. The summed E-state index contributed by atoms with van der Waals surface area (Å²) in [5, 5.41) is 5.27. The summed E-state index contributed by atoms with van der Waals surface area (Å²) < 4.78 is 36.6. The number of aromatic nitrogens is 2. The summed E-state index contributed by atoms with van der Waals surface area (Å²) in [6, 6.07) is 0.959. The summed E-state index contributed by atoms with van der Waals surface area (Å²) in [6.07, 6.45) is -4.35. The van der Waals surface area contributed by atoms with Crippen LogP contribution in [0.4, 0.5) is 19.0 Å². The lowest BCUT2D eigenvalue weighted by atomic mass is 10.5. The van der Waals surface area contributed by atoms with Crippen LogP contribution in [0.15, 0.2) is 10.9 Å². The van der Waals surface area contributed by atoms with Crippen molar-refractivity contribution in [2.24, 2.45) is 7.05 Å². The Morgan fingerprint density at radius 2 is 2.20 bits per heavy atom. The molecule has 0 atom stereocenters. The van der Waals surface area contributed by atoms with Gasteiger partial charge in [-0.05, 0) is 0 Å². The Labute approximate surface area is 87.7 Å². The van der Waals surface area contributed by atoms with Gasteiger partial charge in [-0.2, -0.15) is 18.3 Å². The lowest BCUT2D eigenvalue weighted by molar-refractivity contribution is -0.115. The van der Waals surface area contributed by atoms with Gasteiger partial charge in [-0.3, -0.25) is 9.48 Å². The monoisotopic (exact) mass is 241 g/mol. The molecule has 0 spiro atoms. The average Bonchev–Trinajstić information content (AvgIpc) is 2.07. The highest BCUT2D eigenvalue weighted by molar-refractivity contribution is 6.29. The molecule has 0 aliphatic carbocycles. The number of alkyl halides is 3. The van der Waals surface area contributed by atoms with Crippen LogP contribution in [-0.4, -0.2) is 22.5 Å². The van der Waals surface area contributed by atoms with Crippen molar-refractivity contribution in [2.45, 2.75) is 6.18 Å². The Hall–Kier alpha value is -1.24. The molecular weight excluding hydrogens is 235 g/mol. The molecule has 84 valence electrons. The number of rotatable bonds is 2. The molecule has 4 nitrogen and oxygen atoms in total. The Bertz CT molecular complexity index is 415. The van der Waals surface area contributed by atoms with Gasteiger partial charge >= 0.3 is 6.18 Å². The molecule has 1 aromatic rings. The molecule has 0 aliphatic rings. The van der Waals surface area contributed by atoms with E-state index in [1.807, 2.05) is 5.32 Å². The lowest BCUT2D eigenvalue weighted by Gasteiger charge is -2.11. The maximum Gasteiger partial charge on any atom is 0.405 e. The predicted octanol–water partition coefficient (Wildman–Crippen LogP) is 1.41. The molecular formula is C7H7ClF3N3O. The average molecular weight is 242 g/mol. The number of anilines is 1.